The zero-order valence-corrected chi connectivity index (χ0v) is 16.9. The summed E-state index contributed by atoms with van der Waals surface area (Å²) in [6, 6.07) is 7.40. The van der Waals surface area contributed by atoms with Gasteiger partial charge in [-0.15, -0.1) is 0 Å². The summed E-state index contributed by atoms with van der Waals surface area (Å²) in [7, 11) is 0. The molecule has 0 bridgehead atoms. The molecule has 11 nitrogen and oxygen atoms in total. The van der Waals surface area contributed by atoms with Crippen LogP contribution in [0.15, 0.2) is 30.5 Å². The van der Waals surface area contributed by atoms with Gasteiger partial charge in [0.1, 0.15) is 12.1 Å². The van der Waals surface area contributed by atoms with Crippen LogP contribution in [0.4, 0.5) is 9.59 Å². The number of alkyl carbamates (subject to hydrolysis) is 1. The number of fused-ring (bicyclic) bond motifs is 1. The molecule has 11 heteroatoms. The van der Waals surface area contributed by atoms with E-state index in [-0.39, 0.29) is 6.42 Å². The Bertz CT molecular complexity index is 933. The molecular weight excluding hydrogens is 394 g/mol. The lowest BCUT2D eigenvalue weighted by Crippen LogP contribution is -2.51. The van der Waals surface area contributed by atoms with Crippen LogP contribution in [-0.2, 0) is 25.5 Å². The lowest BCUT2D eigenvalue weighted by molar-refractivity contribution is -0.134. The van der Waals surface area contributed by atoms with Crippen molar-refractivity contribution in [2.75, 3.05) is 6.54 Å². The minimum atomic E-state index is -1.28. The number of primary amides is 1. The van der Waals surface area contributed by atoms with Gasteiger partial charge in [-0.2, -0.15) is 0 Å². The van der Waals surface area contributed by atoms with Gasteiger partial charge in [0.2, 0.25) is 0 Å². The normalized spacial score (nSPS) is 12.0. The number of hydrazine groups is 1. The average Bonchev–Trinajstić information content (AvgIpc) is 3.05. The standard InChI is InChI=1S/C19H25N5O6/c1-19(2,3)30-18(28)22-10-15(25)23-24-16(26)14(29-17(20)27)8-11-9-21-13-7-5-4-6-12(11)13/h4-7,9,14,21H,8,10H2,1-3H3,(H2,20,27)(H,22,28)(H,23,25)(H,24,26). The van der Waals surface area contributed by atoms with Crippen molar-refractivity contribution in [3.8, 4) is 0 Å². The van der Waals surface area contributed by atoms with E-state index in [1.165, 1.54) is 0 Å². The number of carbonyl (C=O) groups is 4. The Hall–Kier alpha value is -3.76. The average molecular weight is 419 g/mol. The molecule has 1 aromatic heterocycles. The highest BCUT2D eigenvalue weighted by atomic mass is 16.6. The summed E-state index contributed by atoms with van der Waals surface area (Å²) in [6.07, 6.45) is -1.46. The summed E-state index contributed by atoms with van der Waals surface area (Å²) >= 11 is 0. The van der Waals surface area contributed by atoms with E-state index >= 15 is 0 Å². The SMILES string of the molecule is CC(C)(C)OC(=O)NCC(=O)NNC(=O)C(Cc1c[nH]c2ccccc12)OC(N)=O. The molecule has 1 aromatic carbocycles. The fraction of sp³-hybridized carbons (Fsp3) is 0.368. The molecule has 4 amide bonds. The maximum Gasteiger partial charge on any atom is 0.408 e. The van der Waals surface area contributed by atoms with Crippen LogP contribution >= 0.6 is 0 Å². The highest BCUT2D eigenvalue weighted by molar-refractivity contribution is 5.89. The van der Waals surface area contributed by atoms with Crippen molar-refractivity contribution in [3.63, 3.8) is 0 Å². The quantitative estimate of drug-likeness (QED) is 0.435. The number of aromatic nitrogens is 1. The smallest absolute Gasteiger partial charge is 0.408 e. The highest BCUT2D eigenvalue weighted by Gasteiger charge is 2.24. The van der Waals surface area contributed by atoms with Gasteiger partial charge in [0, 0.05) is 23.5 Å². The van der Waals surface area contributed by atoms with Gasteiger partial charge >= 0.3 is 12.2 Å². The molecule has 1 unspecified atom stereocenters. The summed E-state index contributed by atoms with van der Waals surface area (Å²) in [6.45, 7) is 4.61. The third-order valence-electron chi connectivity index (χ3n) is 3.75. The third kappa shape index (κ3) is 7.00. The van der Waals surface area contributed by atoms with Crippen molar-refractivity contribution >= 4 is 34.9 Å². The maximum atomic E-state index is 12.4. The lowest BCUT2D eigenvalue weighted by atomic mass is 10.1. The van der Waals surface area contributed by atoms with Crippen LogP contribution in [0.5, 0.6) is 0 Å². The molecule has 0 fully saturated rings. The third-order valence-corrected chi connectivity index (χ3v) is 3.75. The van der Waals surface area contributed by atoms with Crippen LogP contribution in [0.2, 0.25) is 0 Å². The number of ether oxygens (including phenoxy) is 2. The summed E-state index contributed by atoms with van der Waals surface area (Å²) < 4.78 is 9.89. The van der Waals surface area contributed by atoms with E-state index in [0.717, 1.165) is 16.5 Å². The van der Waals surface area contributed by atoms with Crippen LogP contribution < -0.4 is 21.9 Å². The fourth-order valence-corrected chi connectivity index (χ4v) is 2.55. The van der Waals surface area contributed by atoms with Crippen molar-refractivity contribution in [3.05, 3.63) is 36.0 Å². The van der Waals surface area contributed by atoms with Gasteiger partial charge in [0.25, 0.3) is 11.8 Å². The first-order valence-corrected chi connectivity index (χ1v) is 9.12. The number of aromatic amines is 1. The largest absolute Gasteiger partial charge is 0.444 e. The molecule has 0 spiro atoms. The fourth-order valence-electron chi connectivity index (χ4n) is 2.55. The van der Waals surface area contributed by atoms with E-state index in [2.05, 4.69) is 21.2 Å². The van der Waals surface area contributed by atoms with Crippen LogP contribution in [0.25, 0.3) is 10.9 Å². The number of carbonyl (C=O) groups excluding carboxylic acids is 4. The summed E-state index contributed by atoms with van der Waals surface area (Å²) in [5.74, 6) is -1.50. The molecule has 0 saturated heterocycles. The lowest BCUT2D eigenvalue weighted by Gasteiger charge is -2.19. The van der Waals surface area contributed by atoms with E-state index in [0.29, 0.717) is 0 Å². The number of rotatable bonds is 6. The van der Waals surface area contributed by atoms with E-state index < -0.39 is 42.3 Å². The first-order valence-electron chi connectivity index (χ1n) is 9.12. The van der Waals surface area contributed by atoms with Crippen molar-refractivity contribution < 1.29 is 28.7 Å². The van der Waals surface area contributed by atoms with E-state index in [1.54, 1.807) is 27.0 Å². The molecule has 2 aromatic rings. The van der Waals surface area contributed by atoms with Crippen molar-refractivity contribution in [2.45, 2.75) is 38.9 Å². The van der Waals surface area contributed by atoms with Crippen LogP contribution in [0.3, 0.4) is 0 Å². The number of hydrogen-bond acceptors (Lipinski definition) is 6. The molecule has 1 heterocycles. The topological polar surface area (TPSA) is 165 Å². The van der Waals surface area contributed by atoms with Crippen LogP contribution in [0, 0.1) is 0 Å². The first kappa shape index (κ1) is 22.5. The Labute approximate surface area is 172 Å². The predicted molar refractivity (Wildman–Crippen MR) is 107 cm³/mol. The molecule has 6 N–H and O–H groups in total. The van der Waals surface area contributed by atoms with Crippen LogP contribution in [-0.4, -0.2) is 47.2 Å². The van der Waals surface area contributed by atoms with Gasteiger partial charge in [-0.25, -0.2) is 9.59 Å². The second-order valence-corrected chi connectivity index (χ2v) is 7.38. The molecule has 2 rings (SSSR count). The molecule has 30 heavy (non-hydrogen) atoms. The van der Waals surface area contributed by atoms with E-state index in [9.17, 15) is 19.2 Å². The molecule has 0 aliphatic rings. The number of para-hydroxylation sites is 1. The van der Waals surface area contributed by atoms with Gasteiger partial charge in [-0.1, -0.05) is 18.2 Å². The summed E-state index contributed by atoms with van der Waals surface area (Å²) in [4.78, 5) is 50.0. The minimum Gasteiger partial charge on any atom is -0.444 e. The number of amides is 4. The van der Waals surface area contributed by atoms with E-state index in [4.69, 9.17) is 15.2 Å². The molecule has 1 atom stereocenters. The molecule has 0 aliphatic carbocycles. The van der Waals surface area contributed by atoms with Crippen molar-refractivity contribution in [1.29, 1.82) is 0 Å². The molecule has 0 radical (unpaired) electrons. The number of nitrogens with two attached hydrogens (primary N) is 1. The Morgan fingerprint density at radius 2 is 1.83 bits per heavy atom. The first-order chi connectivity index (χ1) is 14.0. The molecular formula is C19H25N5O6. The van der Waals surface area contributed by atoms with Gasteiger partial charge in [0.15, 0.2) is 6.10 Å². The Balaban J connectivity index is 1.91. The minimum absolute atomic E-state index is 0.0326. The summed E-state index contributed by atoms with van der Waals surface area (Å²) in [5, 5.41) is 3.10. The maximum absolute atomic E-state index is 12.4. The second-order valence-electron chi connectivity index (χ2n) is 7.38. The molecule has 0 saturated carbocycles. The number of benzene rings is 1. The monoisotopic (exact) mass is 419 g/mol. The zero-order chi connectivity index (χ0) is 22.3. The second kappa shape index (κ2) is 9.63. The Kier molecular flexibility index (Phi) is 7.23. The summed E-state index contributed by atoms with van der Waals surface area (Å²) in [5.41, 5.74) is 10.2. The van der Waals surface area contributed by atoms with Gasteiger partial charge in [-0.05, 0) is 32.4 Å². The highest BCUT2D eigenvalue weighted by Crippen LogP contribution is 2.20. The number of H-pyrrole nitrogens is 1. The number of hydrogen-bond donors (Lipinski definition) is 5. The Morgan fingerprint density at radius 3 is 2.50 bits per heavy atom. The zero-order valence-electron chi connectivity index (χ0n) is 16.9. The van der Waals surface area contributed by atoms with Crippen molar-refractivity contribution in [1.82, 2.24) is 21.2 Å². The Morgan fingerprint density at radius 1 is 1.13 bits per heavy atom. The van der Waals surface area contributed by atoms with E-state index in [1.807, 2.05) is 24.3 Å². The van der Waals surface area contributed by atoms with Gasteiger partial charge in [0.05, 0.1) is 0 Å². The molecule has 0 aliphatic heterocycles. The molecule has 162 valence electrons. The predicted octanol–water partition coefficient (Wildman–Crippen LogP) is 0.846. The van der Waals surface area contributed by atoms with Gasteiger partial charge in [-0.3, -0.25) is 20.4 Å². The number of nitrogens with one attached hydrogen (secondary N) is 4. The van der Waals surface area contributed by atoms with Crippen LogP contribution in [0.1, 0.15) is 26.3 Å². The van der Waals surface area contributed by atoms with Gasteiger partial charge < -0.3 is 25.5 Å². The van der Waals surface area contributed by atoms with Crippen molar-refractivity contribution in [2.24, 2.45) is 5.73 Å².